The highest BCUT2D eigenvalue weighted by Gasteiger charge is 2.57. The van der Waals surface area contributed by atoms with E-state index in [1.165, 1.54) is 16.4 Å². The summed E-state index contributed by atoms with van der Waals surface area (Å²) in [6.07, 6.45) is -11.3. The van der Waals surface area contributed by atoms with Crippen LogP contribution < -0.4 is 9.62 Å². The molecule has 13 heteroatoms. The van der Waals surface area contributed by atoms with Gasteiger partial charge in [0.2, 0.25) is 5.91 Å². The topological polar surface area (TPSA) is 69.6 Å². The summed E-state index contributed by atoms with van der Waals surface area (Å²) in [6, 6.07) is 12.9. The number of carbonyl (C=O) groups excluding carboxylic acids is 1. The Labute approximate surface area is 227 Å². The van der Waals surface area contributed by atoms with E-state index in [4.69, 9.17) is 0 Å². The van der Waals surface area contributed by atoms with Gasteiger partial charge in [-0.25, -0.2) is 8.60 Å². The van der Waals surface area contributed by atoms with Crippen LogP contribution in [0.1, 0.15) is 35.4 Å². The van der Waals surface area contributed by atoms with Gasteiger partial charge in [-0.15, -0.1) is 0 Å². The van der Waals surface area contributed by atoms with Crippen molar-refractivity contribution >= 4 is 28.3 Å². The molecule has 0 radical (unpaired) electrons. The number of amides is 1. The average molecular weight is 589 g/mol. The first-order valence-corrected chi connectivity index (χ1v) is 13.1. The summed E-state index contributed by atoms with van der Waals surface area (Å²) in [4.78, 5) is 13.1. The molecule has 0 saturated heterocycles. The number of rotatable bonds is 7. The third-order valence-electron chi connectivity index (χ3n) is 6.48. The minimum Gasteiger partial charge on any atom is -0.392 e. The summed E-state index contributed by atoms with van der Waals surface area (Å²) in [6.45, 7) is -0.340. The van der Waals surface area contributed by atoms with Gasteiger partial charge in [-0.2, -0.15) is 26.3 Å². The molecule has 214 valence electrons. The minimum atomic E-state index is -5.58. The van der Waals surface area contributed by atoms with Gasteiger partial charge in [-0.3, -0.25) is 9.10 Å². The Hall–Kier alpha value is -3.45. The molecular weight excluding hydrogens is 565 g/mol. The van der Waals surface area contributed by atoms with Crippen molar-refractivity contribution in [1.82, 2.24) is 0 Å². The standard InChI is InChI=1S/C27H23F7N2O3S/c28-19-7-10-21(11-8-19)40(39)36-20(14-24(38)35-22-4-2-1-3-18(22)15-37)9-5-16-13-17(6-12-23(16)36)25(26(29,30)31)27(32,33)34/h1-4,6-8,10-13,20,25,37H,5,9,14-15H2,(H,35,38)/t20-,40?/m0/s1. The van der Waals surface area contributed by atoms with Gasteiger partial charge in [0.25, 0.3) is 0 Å². The lowest BCUT2D eigenvalue weighted by molar-refractivity contribution is -0.253. The Balaban J connectivity index is 1.70. The first-order valence-electron chi connectivity index (χ1n) is 12.0. The van der Waals surface area contributed by atoms with Crippen molar-refractivity contribution in [2.75, 3.05) is 9.62 Å². The number of nitrogens with one attached hydrogen (secondary N) is 1. The van der Waals surface area contributed by atoms with Gasteiger partial charge in [-0.1, -0.05) is 30.3 Å². The number of aliphatic hydroxyl groups is 1. The molecule has 0 bridgehead atoms. The zero-order valence-electron chi connectivity index (χ0n) is 20.6. The number of hydrogen-bond acceptors (Lipinski definition) is 3. The number of fused-ring (bicyclic) bond motifs is 1. The molecule has 1 aliphatic rings. The van der Waals surface area contributed by atoms with Gasteiger partial charge in [-0.05, 0) is 60.4 Å². The van der Waals surface area contributed by atoms with E-state index in [0.29, 0.717) is 17.3 Å². The number of halogens is 7. The molecule has 1 amide bonds. The second-order valence-corrected chi connectivity index (χ2v) is 10.6. The zero-order chi connectivity index (χ0) is 29.2. The normalized spacial score (nSPS) is 16.5. The Bertz CT molecular complexity index is 1380. The molecule has 0 aliphatic carbocycles. The van der Waals surface area contributed by atoms with Crippen LogP contribution in [0.15, 0.2) is 71.6 Å². The summed E-state index contributed by atoms with van der Waals surface area (Å²) >= 11 is 0. The molecule has 40 heavy (non-hydrogen) atoms. The number of alkyl halides is 6. The van der Waals surface area contributed by atoms with Crippen molar-refractivity contribution in [3.05, 3.63) is 89.2 Å². The maximum absolute atomic E-state index is 13.7. The Morgan fingerprint density at radius 3 is 2.27 bits per heavy atom. The van der Waals surface area contributed by atoms with E-state index in [1.807, 2.05) is 0 Å². The van der Waals surface area contributed by atoms with Crippen LogP contribution in [0.5, 0.6) is 0 Å². The van der Waals surface area contributed by atoms with Crippen LogP contribution in [0.25, 0.3) is 0 Å². The number of para-hydroxylation sites is 1. The lowest BCUT2D eigenvalue weighted by atomic mass is 9.90. The molecule has 5 nitrogen and oxygen atoms in total. The van der Waals surface area contributed by atoms with Crippen molar-refractivity contribution in [3.8, 4) is 0 Å². The summed E-state index contributed by atoms with van der Waals surface area (Å²) in [5, 5.41) is 12.2. The maximum atomic E-state index is 13.7. The second kappa shape index (κ2) is 11.6. The molecule has 1 aliphatic heterocycles. The lowest BCUT2D eigenvalue weighted by Crippen LogP contribution is -2.43. The Morgan fingerprint density at radius 2 is 1.65 bits per heavy atom. The molecule has 0 aromatic heterocycles. The van der Waals surface area contributed by atoms with E-state index in [1.54, 1.807) is 24.3 Å². The van der Waals surface area contributed by atoms with Crippen molar-refractivity contribution < 1.29 is 44.8 Å². The number of aliphatic hydroxyl groups excluding tert-OH is 1. The first-order chi connectivity index (χ1) is 18.8. The Morgan fingerprint density at radius 1 is 1.00 bits per heavy atom. The van der Waals surface area contributed by atoms with Crippen LogP contribution >= 0.6 is 0 Å². The van der Waals surface area contributed by atoms with E-state index < -0.39 is 52.6 Å². The fraction of sp³-hybridized carbons (Fsp3) is 0.296. The molecule has 2 atom stereocenters. The summed E-state index contributed by atoms with van der Waals surface area (Å²) in [5.41, 5.74) is 0.0199. The smallest absolute Gasteiger partial charge is 0.392 e. The predicted octanol–water partition coefficient (Wildman–Crippen LogP) is 6.40. The molecule has 3 aromatic carbocycles. The largest absolute Gasteiger partial charge is 0.404 e. The number of nitrogens with zero attached hydrogens (tertiary/aromatic N) is 1. The van der Waals surface area contributed by atoms with Crippen molar-refractivity contribution in [2.45, 2.75) is 55.1 Å². The molecule has 3 aromatic rings. The van der Waals surface area contributed by atoms with Crippen LogP contribution in [0.3, 0.4) is 0 Å². The van der Waals surface area contributed by atoms with Crippen LogP contribution in [-0.4, -0.2) is 33.6 Å². The summed E-state index contributed by atoms with van der Waals surface area (Å²) in [7, 11) is -2.09. The zero-order valence-corrected chi connectivity index (χ0v) is 21.4. The van der Waals surface area contributed by atoms with E-state index in [9.17, 15) is 44.8 Å². The molecule has 1 unspecified atom stereocenters. The number of benzene rings is 3. The van der Waals surface area contributed by atoms with E-state index in [-0.39, 0.29) is 42.0 Å². The highest BCUT2D eigenvalue weighted by Crippen LogP contribution is 2.48. The number of carbonyl (C=O) groups is 1. The fourth-order valence-electron chi connectivity index (χ4n) is 4.67. The van der Waals surface area contributed by atoms with Crippen molar-refractivity contribution in [3.63, 3.8) is 0 Å². The van der Waals surface area contributed by atoms with E-state index in [2.05, 4.69) is 5.32 Å². The average Bonchev–Trinajstić information content (AvgIpc) is 2.87. The number of hydrogen-bond donors (Lipinski definition) is 2. The highest BCUT2D eigenvalue weighted by atomic mass is 32.2. The molecular formula is C27H23F7N2O3S. The monoisotopic (exact) mass is 588 g/mol. The molecule has 0 spiro atoms. The molecule has 2 N–H and O–H groups in total. The first kappa shape index (κ1) is 29.5. The molecule has 0 fully saturated rings. The molecule has 4 rings (SSSR count). The quantitative estimate of drug-likeness (QED) is 0.314. The predicted molar refractivity (Wildman–Crippen MR) is 134 cm³/mol. The van der Waals surface area contributed by atoms with Gasteiger partial charge in [0.15, 0.2) is 16.9 Å². The number of aryl methyl sites for hydroxylation is 1. The van der Waals surface area contributed by atoms with Crippen LogP contribution in [0, 0.1) is 5.82 Å². The fourth-order valence-corrected chi connectivity index (χ4v) is 6.07. The van der Waals surface area contributed by atoms with Crippen molar-refractivity contribution in [2.24, 2.45) is 0 Å². The van der Waals surface area contributed by atoms with Gasteiger partial charge in [0.05, 0.1) is 23.2 Å². The highest BCUT2D eigenvalue weighted by molar-refractivity contribution is 7.86. The molecule has 0 saturated carbocycles. The van der Waals surface area contributed by atoms with Crippen LogP contribution in [0.2, 0.25) is 0 Å². The minimum absolute atomic E-state index is 0.0217. The molecule has 1 heterocycles. The van der Waals surface area contributed by atoms with Crippen LogP contribution in [0.4, 0.5) is 42.1 Å². The van der Waals surface area contributed by atoms with E-state index >= 15 is 0 Å². The third kappa shape index (κ3) is 6.47. The SMILES string of the molecule is O=C(C[C@@H]1CCc2cc(C(C(F)(F)F)C(F)(F)F)ccc2N1S(=O)c1ccc(F)cc1)Nc1ccccc1CO. The third-order valence-corrected chi connectivity index (χ3v) is 8.01. The van der Waals surface area contributed by atoms with Gasteiger partial charge >= 0.3 is 12.4 Å². The maximum Gasteiger partial charge on any atom is 0.404 e. The second-order valence-electron chi connectivity index (χ2n) is 9.19. The van der Waals surface area contributed by atoms with Gasteiger partial charge < -0.3 is 10.4 Å². The van der Waals surface area contributed by atoms with Crippen LogP contribution in [-0.2, 0) is 28.8 Å². The lowest BCUT2D eigenvalue weighted by Gasteiger charge is -2.38. The Kier molecular flexibility index (Phi) is 8.55. The summed E-state index contributed by atoms with van der Waals surface area (Å²) in [5.74, 6) is -4.81. The van der Waals surface area contributed by atoms with E-state index in [0.717, 1.165) is 24.3 Å². The summed E-state index contributed by atoms with van der Waals surface area (Å²) < 4.78 is 109. The van der Waals surface area contributed by atoms with Gasteiger partial charge in [0.1, 0.15) is 5.82 Å². The van der Waals surface area contributed by atoms with Crippen molar-refractivity contribution in [1.29, 1.82) is 0 Å². The number of anilines is 2. The van der Waals surface area contributed by atoms with Gasteiger partial charge in [0, 0.05) is 17.7 Å².